The number of amides is 2. The predicted molar refractivity (Wildman–Crippen MR) is 144 cm³/mol. The number of nitrogens with one attached hydrogen (secondary N) is 3. The third-order valence-electron chi connectivity index (χ3n) is 7.73. The molecule has 1 aromatic carbocycles. The molecule has 3 aromatic rings. The lowest BCUT2D eigenvalue weighted by Gasteiger charge is -2.37. The van der Waals surface area contributed by atoms with Crippen LogP contribution in [-0.2, 0) is 9.53 Å². The number of aromatic nitrogens is 4. The highest BCUT2D eigenvalue weighted by Crippen LogP contribution is 2.49. The number of para-hydroxylation sites is 1. The first-order chi connectivity index (χ1) is 18.5. The molecule has 1 atom stereocenters. The molecule has 2 aromatic heterocycles. The molecule has 0 radical (unpaired) electrons. The maximum atomic E-state index is 12.6. The van der Waals surface area contributed by atoms with E-state index >= 15 is 0 Å². The van der Waals surface area contributed by atoms with Gasteiger partial charge in [0.15, 0.2) is 11.5 Å². The van der Waals surface area contributed by atoms with Crippen molar-refractivity contribution in [3.05, 3.63) is 41.9 Å². The number of carbonyl (C=O) groups is 2. The predicted octanol–water partition coefficient (Wildman–Crippen LogP) is 3.65. The minimum atomic E-state index is -0.369. The van der Waals surface area contributed by atoms with Gasteiger partial charge in [0.2, 0.25) is 5.91 Å². The summed E-state index contributed by atoms with van der Waals surface area (Å²) in [6.45, 7) is 3.70. The minimum Gasteiger partial charge on any atom is -0.381 e. The monoisotopic (exact) mass is 516 g/mol. The number of hydrogen-bond donors (Lipinski definition) is 3. The fourth-order valence-electron chi connectivity index (χ4n) is 5.39. The number of benzene rings is 1. The average molecular weight is 517 g/mol. The summed E-state index contributed by atoms with van der Waals surface area (Å²) in [5.41, 5.74) is 5.80. The van der Waals surface area contributed by atoms with E-state index < -0.39 is 0 Å². The summed E-state index contributed by atoms with van der Waals surface area (Å²) in [5.74, 6) is -0.104. The standard InChI is InChI=1S/C27H32N8O3/c1-15-24-19(14-29-35(24)17-9-11-38-12-10-17)18-5-4-6-20(25(18)34(15)3)30-21-13-22(31-26(36)16-7-8-16)32-33-23(21)27(37)28-2/h4-6,13-17H,7-12H2,1-3H3,(H,28,37)(H2,30,31,32,36)/t15-/m1/s1. The van der Waals surface area contributed by atoms with Gasteiger partial charge >= 0.3 is 0 Å². The lowest BCUT2D eigenvalue weighted by atomic mass is 9.93. The topological polar surface area (TPSA) is 126 Å². The third kappa shape index (κ3) is 4.26. The lowest BCUT2D eigenvalue weighted by molar-refractivity contribution is -0.117. The molecule has 0 unspecified atom stereocenters. The van der Waals surface area contributed by atoms with E-state index in [1.807, 2.05) is 18.3 Å². The van der Waals surface area contributed by atoms with Crippen LogP contribution in [-0.4, -0.2) is 59.1 Å². The summed E-state index contributed by atoms with van der Waals surface area (Å²) >= 11 is 0. The molecule has 11 heteroatoms. The van der Waals surface area contributed by atoms with E-state index in [1.54, 1.807) is 13.1 Å². The molecule has 0 spiro atoms. The number of fused-ring (bicyclic) bond motifs is 3. The Morgan fingerprint density at radius 2 is 1.84 bits per heavy atom. The Hall–Kier alpha value is -3.99. The van der Waals surface area contributed by atoms with E-state index in [0.29, 0.717) is 17.5 Å². The Morgan fingerprint density at radius 3 is 2.58 bits per heavy atom. The van der Waals surface area contributed by atoms with E-state index in [0.717, 1.165) is 61.4 Å². The Balaban J connectivity index is 1.38. The number of carbonyl (C=O) groups excluding carboxylic acids is 2. The van der Waals surface area contributed by atoms with Crippen LogP contribution in [0.5, 0.6) is 0 Å². The molecule has 1 aliphatic carbocycles. The van der Waals surface area contributed by atoms with Crippen molar-refractivity contribution in [2.75, 3.05) is 42.8 Å². The number of hydrogen-bond acceptors (Lipinski definition) is 8. The Bertz CT molecular complexity index is 1390. The molecule has 1 saturated heterocycles. The second-order valence-corrected chi connectivity index (χ2v) is 10.2. The summed E-state index contributed by atoms with van der Waals surface area (Å²) in [4.78, 5) is 27.2. The minimum absolute atomic E-state index is 0.0272. The molecule has 2 aliphatic heterocycles. The van der Waals surface area contributed by atoms with Gasteiger partial charge in [-0.3, -0.25) is 14.3 Å². The van der Waals surface area contributed by atoms with Gasteiger partial charge in [0.1, 0.15) is 0 Å². The smallest absolute Gasteiger partial charge is 0.273 e. The number of anilines is 4. The van der Waals surface area contributed by atoms with Crippen LogP contribution < -0.4 is 20.9 Å². The molecule has 2 amide bonds. The van der Waals surface area contributed by atoms with Gasteiger partial charge in [0, 0.05) is 50.4 Å². The van der Waals surface area contributed by atoms with Crippen molar-refractivity contribution in [3.63, 3.8) is 0 Å². The zero-order valence-corrected chi connectivity index (χ0v) is 21.8. The van der Waals surface area contributed by atoms with Gasteiger partial charge in [-0.05, 0) is 38.7 Å². The number of rotatable bonds is 6. The zero-order valence-electron chi connectivity index (χ0n) is 21.8. The first kappa shape index (κ1) is 24.4. The highest BCUT2D eigenvalue weighted by Gasteiger charge is 2.34. The SMILES string of the molecule is CNC(=O)c1nnc(NC(=O)C2CC2)cc1Nc1cccc2c1N(C)[C@H](C)c1c-2cnn1C1CCOCC1. The fraction of sp³-hybridized carbons (Fsp3) is 0.444. The second-order valence-electron chi connectivity index (χ2n) is 10.2. The molecule has 38 heavy (non-hydrogen) atoms. The van der Waals surface area contributed by atoms with Crippen LogP contribution in [0.3, 0.4) is 0 Å². The molecule has 11 nitrogen and oxygen atoms in total. The van der Waals surface area contributed by atoms with Crippen molar-refractivity contribution in [3.8, 4) is 11.1 Å². The molecule has 198 valence electrons. The first-order valence-corrected chi connectivity index (χ1v) is 13.1. The quantitative estimate of drug-likeness (QED) is 0.453. The highest BCUT2D eigenvalue weighted by atomic mass is 16.5. The van der Waals surface area contributed by atoms with Crippen molar-refractivity contribution in [2.24, 2.45) is 5.92 Å². The average Bonchev–Trinajstić information content (AvgIpc) is 3.70. The molecule has 4 heterocycles. The van der Waals surface area contributed by atoms with Crippen molar-refractivity contribution in [1.29, 1.82) is 0 Å². The summed E-state index contributed by atoms with van der Waals surface area (Å²) < 4.78 is 7.76. The molecule has 1 saturated carbocycles. The van der Waals surface area contributed by atoms with Crippen LogP contribution in [0.25, 0.3) is 11.1 Å². The summed E-state index contributed by atoms with van der Waals surface area (Å²) in [7, 11) is 3.62. The van der Waals surface area contributed by atoms with Crippen LogP contribution in [0.1, 0.15) is 60.9 Å². The van der Waals surface area contributed by atoms with Crippen molar-refractivity contribution >= 4 is 34.7 Å². The van der Waals surface area contributed by atoms with E-state index in [1.165, 1.54) is 5.69 Å². The maximum absolute atomic E-state index is 12.6. The van der Waals surface area contributed by atoms with Gasteiger partial charge in [0.25, 0.3) is 5.91 Å². The number of ether oxygens (including phenoxy) is 1. The van der Waals surface area contributed by atoms with E-state index in [4.69, 9.17) is 9.84 Å². The van der Waals surface area contributed by atoms with E-state index in [9.17, 15) is 9.59 Å². The normalized spacial score (nSPS) is 18.9. The molecule has 6 rings (SSSR count). The van der Waals surface area contributed by atoms with Crippen LogP contribution >= 0.6 is 0 Å². The van der Waals surface area contributed by atoms with Crippen LogP contribution in [0, 0.1) is 5.92 Å². The molecular weight excluding hydrogens is 484 g/mol. The van der Waals surface area contributed by atoms with Crippen molar-refractivity contribution in [2.45, 2.75) is 44.7 Å². The summed E-state index contributed by atoms with van der Waals surface area (Å²) in [5, 5.41) is 21.9. The maximum Gasteiger partial charge on any atom is 0.273 e. The highest BCUT2D eigenvalue weighted by molar-refractivity contribution is 6.01. The molecule has 2 fully saturated rings. The van der Waals surface area contributed by atoms with Crippen molar-refractivity contribution < 1.29 is 14.3 Å². The molecule has 3 aliphatic rings. The fourth-order valence-corrected chi connectivity index (χ4v) is 5.39. The molecule has 0 bridgehead atoms. The first-order valence-electron chi connectivity index (χ1n) is 13.1. The van der Waals surface area contributed by atoms with Crippen LogP contribution in [0.15, 0.2) is 30.5 Å². The zero-order chi connectivity index (χ0) is 26.4. The van der Waals surface area contributed by atoms with Gasteiger partial charge < -0.3 is 25.6 Å². The van der Waals surface area contributed by atoms with E-state index in [2.05, 4.69) is 55.8 Å². The van der Waals surface area contributed by atoms with Crippen molar-refractivity contribution in [1.82, 2.24) is 25.3 Å². The van der Waals surface area contributed by atoms with Gasteiger partial charge in [-0.1, -0.05) is 12.1 Å². The molecule has 3 N–H and O–H groups in total. The molecular formula is C27H32N8O3. The van der Waals surface area contributed by atoms with Crippen LogP contribution in [0.4, 0.5) is 22.9 Å². The van der Waals surface area contributed by atoms with E-state index in [-0.39, 0.29) is 29.5 Å². The van der Waals surface area contributed by atoms with Gasteiger partial charge in [-0.15, -0.1) is 10.2 Å². The summed E-state index contributed by atoms with van der Waals surface area (Å²) in [6.07, 6.45) is 5.64. The summed E-state index contributed by atoms with van der Waals surface area (Å²) in [6, 6.07) is 8.14. The third-order valence-corrected chi connectivity index (χ3v) is 7.73. The van der Waals surface area contributed by atoms with Gasteiger partial charge in [0.05, 0.1) is 41.0 Å². The Kier molecular flexibility index (Phi) is 6.22. The van der Waals surface area contributed by atoms with Gasteiger partial charge in [-0.2, -0.15) is 5.10 Å². The Labute approximate surface area is 220 Å². The second kappa shape index (κ2) is 9.71. The Morgan fingerprint density at radius 1 is 1.05 bits per heavy atom. The lowest BCUT2D eigenvalue weighted by Crippen LogP contribution is -2.31. The number of nitrogens with zero attached hydrogens (tertiary/aromatic N) is 5. The largest absolute Gasteiger partial charge is 0.381 e. The van der Waals surface area contributed by atoms with Gasteiger partial charge in [-0.25, -0.2) is 0 Å². The van der Waals surface area contributed by atoms with Crippen LogP contribution in [0.2, 0.25) is 0 Å².